The lowest BCUT2D eigenvalue weighted by molar-refractivity contribution is 0.0531. The minimum Gasteiger partial charge on any atom is -0.335 e. The van der Waals surface area contributed by atoms with Gasteiger partial charge in [-0.3, -0.25) is 19.0 Å². The highest BCUT2D eigenvalue weighted by atomic mass is 35.5. The van der Waals surface area contributed by atoms with Crippen molar-refractivity contribution in [3.8, 4) is 0 Å². The van der Waals surface area contributed by atoms with Crippen LogP contribution in [0.1, 0.15) is 39.7 Å². The minimum atomic E-state index is -0.403. The van der Waals surface area contributed by atoms with Crippen LogP contribution in [0.3, 0.4) is 0 Å². The summed E-state index contributed by atoms with van der Waals surface area (Å²) >= 11 is 5.99. The van der Waals surface area contributed by atoms with Crippen LogP contribution in [0.25, 0.3) is 11.2 Å². The van der Waals surface area contributed by atoms with Crippen LogP contribution in [0.4, 0.5) is 0 Å². The monoisotopic (exact) mass is 437 g/mol. The van der Waals surface area contributed by atoms with Crippen molar-refractivity contribution in [2.75, 3.05) is 26.2 Å². The average Bonchev–Trinajstić information content (AvgIpc) is 3.63. The van der Waals surface area contributed by atoms with E-state index in [1.54, 1.807) is 57.0 Å². The number of benzene rings is 1. The first-order valence-electron chi connectivity index (χ1n) is 10.2. The summed E-state index contributed by atoms with van der Waals surface area (Å²) in [5.41, 5.74) is 1.09. The predicted octanol–water partition coefficient (Wildman–Crippen LogP) is 2.38. The SMILES string of the molecule is O=C(c1cccc(Cl)c1)N1CCN(C(=O)c2nc3cccnc3n(C3CC3)c2=O)CC1. The standard InChI is InChI=1S/C22H20ClN5O3/c23-15-4-1-3-14(13-15)20(29)26-9-11-27(12-10-26)21(30)18-22(31)28(16-6-7-16)19-17(25-18)5-2-8-24-19/h1-5,8,13,16H,6-7,9-12H2. The van der Waals surface area contributed by atoms with Crippen LogP contribution in [0.2, 0.25) is 5.02 Å². The summed E-state index contributed by atoms with van der Waals surface area (Å²) in [5, 5.41) is 0.503. The van der Waals surface area contributed by atoms with E-state index in [9.17, 15) is 14.4 Å². The molecule has 1 saturated carbocycles. The maximum absolute atomic E-state index is 13.2. The summed E-state index contributed by atoms with van der Waals surface area (Å²) in [6.07, 6.45) is 3.42. The molecule has 1 aliphatic carbocycles. The largest absolute Gasteiger partial charge is 0.335 e. The fraction of sp³-hybridized carbons (Fsp3) is 0.318. The Balaban J connectivity index is 1.36. The van der Waals surface area contributed by atoms with Crippen LogP contribution in [-0.4, -0.2) is 62.3 Å². The molecule has 5 rings (SSSR count). The van der Waals surface area contributed by atoms with E-state index in [1.165, 1.54) is 0 Å². The van der Waals surface area contributed by atoms with Gasteiger partial charge in [0.25, 0.3) is 17.4 Å². The van der Waals surface area contributed by atoms with E-state index >= 15 is 0 Å². The van der Waals surface area contributed by atoms with Gasteiger partial charge >= 0.3 is 0 Å². The van der Waals surface area contributed by atoms with Crippen molar-refractivity contribution in [2.24, 2.45) is 0 Å². The summed E-state index contributed by atoms with van der Waals surface area (Å²) < 4.78 is 1.61. The lowest BCUT2D eigenvalue weighted by Crippen LogP contribution is -2.51. The van der Waals surface area contributed by atoms with E-state index in [1.807, 2.05) is 0 Å². The van der Waals surface area contributed by atoms with Gasteiger partial charge in [0, 0.05) is 49.0 Å². The van der Waals surface area contributed by atoms with Crippen molar-refractivity contribution >= 4 is 34.6 Å². The van der Waals surface area contributed by atoms with Gasteiger partial charge in [0.1, 0.15) is 5.52 Å². The number of carbonyl (C=O) groups is 2. The molecule has 0 radical (unpaired) electrons. The number of aromatic nitrogens is 3. The van der Waals surface area contributed by atoms with Gasteiger partial charge < -0.3 is 9.80 Å². The number of carbonyl (C=O) groups excluding carboxylic acids is 2. The Hall–Kier alpha value is -3.26. The van der Waals surface area contributed by atoms with Crippen molar-refractivity contribution < 1.29 is 9.59 Å². The zero-order valence-corrected chi connectivity index (χ0v) is 17.5. The molecule has 2 aromatic heterocycles. The molecule has 1 aliphatic heterocycles. The second-order valence-corrected chi connectivity index (χ2v) is 8.24. The molecule has 158 valence electrons. The maximum atomic E-state index is 13.2. The van der Waals surface area contributed by atoms with Crippen LogP contribution < -0.4 is 5.56 Å². The molecule has 8 nitrogen and oxygen atoms in total. The summed E-state index contributed by atoms with van der Waals surface area (Å²) in [4.78, 5) is 50.9. The summed E-state index contributed by atoms with van der Waals surface area (Å²) in [6.45, 7) is 1.42. The second kappa shape index (κ2) is 7.77. The molecule has 0 N–H and O–H groups in total. The Kier molecular flexibility index (Phi) is 4.94. The predicted molar refractivity (Wildman–Crippen MR) is 115 cm³/mol. The van der Waals surface area contributed by atoms with E-state index < -0.39 is 11.5 Å². The first-order chi connectivity index (χ1) is 15.0. The average molecular weight is 438 g/mol. The number of fused-ring (bicyclic) bond motifs is 1. The van der Waals surface area contributed by atoms with Crippen molar-refractivity contribution in [3.63, 3.8) is 0 Å². The third-order valence-electron chi connectivity index (χ3n) is 5.69. The third-order valence-corrected chi connectivity index (χ3v) is 5.92. The second-order valence-electron chi connectivity index (χ2n) is 7.81. The highest BCUT2D eigenvalue weighted by Crippen LogP contribution is 2.35. The first kappa shape index (κ1) is 19.7. The molecule has 0 bridgehead atoms. The molecule has 3 heterocycles. The van der Waals surface area contributed by atoms with Crippen LogP contribution in [0.15, 0.2) is 47.4 Å². The van der Waals surface area contributed by atoms with Gasteiger partial charge in [-0.1, -0.05) is 17.7 Å². The molecule has 31 heavy (non-hydrogen) atoms. The zero-order chi connectivity index (χ0) is 21.5. The first-order valence-corrected chi connectivity index (χ1v) is 10.6. The number of nitrogens with zero attached hydrogens (tertiary/aromatic N) is 5. The van der Waals surface area contributed by atoms with Crippen molar-refractivity contribution in [1.29, 1.82) is 0 Å². The molecule has 1 aromatic carbocycles. The Morgan fingerprint density at radius 1 is 0.968 bits per heavy atom. The number of hydrogen-bond acceptors (Lipinski definition) is 5. The van der Waals surface area contributed by atoms with Crippen LogP contribution >= 0.6 is 11.6 Å². The molecule has 0 spiro atoms. The molecular formula is C22H20ClN5O3. The van der Waals surface area contributed by atoms with E-state index in [2.05, 4.69) is 9.97 Å². The molecule has 2 amide bonds. The Morgan fingerprint density at radius 3 is 2.35 bits per heavy atom. The smallest absolute Gasteiger partial charge is 0.284 e. The maximum Gasteiger partial charge on any atom is 0.284 e. The molecular weight excluding hydrogens is 418 g/mol. The quantitative estimate of drug-likeness (QED) is 0.627. The topological polar surface area (TPSA) is 88.4 Å². The lowest BCUT2D eigenvalue weighted by Gasteiger charge is -2.34. The summed E-state index contributed by atoms with van der Waals surface area (Å²) in [7, 11) is 0. The van der Waals surface area contributed by atoms with Crippen molar-refractivity contribution in [1.82, 2.24) is 24.3 Å². The molecule has 0 unspecified atom stereocenters. The molecule has 0 atom stereocenters. The third kappa shape index (κ3) is 3.67. The van der Waals surface area contributed by atoms with Gasteiger partial charge in [0.15, 0.2) is 11.3 Å². The molecule has 1 saturated heterocycles. The van der Waals surface area contributed by atoms with Crippen LogP contribution in [0.5, 0.6) is 0 Å². The van der Waals surface area contributed by atoms with Crippen molar-refractivity contribution in [3.05, 3.63) is 69.2 Å². The Bertz CT molecular complexity index is 1250. The number of halogens is 1. The van der Waals surface area contributed by atoms with Gasteiger partial charge in [-0.15, -0.1) is 0 Å². The highest BCUT2D eigenvalue weighted by molar-refractivity contribution is 6.30. The number of pyridine rings is 1. The van der Waals surface area contributed by atoms with Gasteiger partial charge in [0.2, 0.25) is 0 Å². The highest BCUT2D eigenvalue weighted by Gasteiger charge is 2.32. The summed E-state index contributed by atoms with van der Waals surface area (Å²) in [6, 6.07) is 10.4. The van der Waals surface area contributed by atoms with Gasteiger partial charge in [-0.2, -0.15) is 0 Å². The lowest BCUT2D eigenvalue weighted by atomic mass is 10.1. The normalized spacial score (nSPS) is 16.5. The van der Waals surface area contributed by atoms with E-state index in [0.29, 0.717) is 47.9 Å². The zero-order valence-electron chi connectivity index (χ0n) is 16.7. The van der Waals surface area contributed by atoms with Gasteiger partial charge in [0.05, 0.1) is 0 Å². The van der Waals surface area contributed by atoms with E-state index in [0.717, 1.165) is 12.8 Å². The number of piperazine rings is 1. The van der Waals surface area contributed by atoms with Crippen LogP contribution in [0, 0.1) is 0 Å². The van der Waals surface area contributed by atoms with E-state index in [-0.39, 0.29) is 17.6 Å². The number of hydrogen-bond donors (Lipinski definition) is 0. The Labute approximate surface area is 183 Å². The van der Waals surface area contributed by atoms with Gasteiger partial charge in [-0.25, -0.2) is 9.97 Å². The van der Waals surface area contributed by atoms with Crippen molar-refractivity contribution in [2.45, 2.75) is 18.9 Å². The van der Waals surface area contributed by atoms with E-state index in [4.69, 9.17) is 11.6 Å². The fourth-order valence-corrected chi connectivity index (χ4v) is 4.11. The van der Waals surface area contributed by atoms with Gasteiger partial charge in [-0.05, 0) is 43.2 Å². The number of rotatable bonds is 3. The molecule has 3 aromatic rings. The molecule has 2 aliphatic rings. The molecule has 2 fully saturated rings. The minimum absolute atomic E-state index is 0.0756. The van der Waals surface area contributed by atoms with Crippen LogP contribution in [-0.2, 0) is 0 Å². The fourth-order valence-electron chi connectivity index (χ4n) is 3.92. The number of amides is 2. The summed E-state index contributed by atoms with van der Waals surface area (Å²) in [5.74, 6) is -0.527. The Morgan fingerprint density at radius 2 is 1.68 bits per heavy atom. The molecule has 9 heteroatoms.